The van der Waals surface area contributed by atoms with Gasteiger partial charge in [-0.15, -0.1) is 0 Å². The van der Waals surface area contributed by atoms with Crippen molar-refractivity contribution in [2.45, 2.75) is 19.5 Å². The van der Waals surface area contributed by atoms with Gasteiger partial charge in [0.15, 0.2) is 0 Å². The Morgan fingerprint density at radius 2 is 2.36 bits per heavy atom. The van der Waals surface area contributed by atoms with Gasteiger partial charge >= 0.3 is 0 Å². The first kappa shape index (κ1) is 7.14. The summed E-state index contributed by atoms with van der Waals surface area (Å²) in [5.74, 6) is 0. The molecule has 1 aromatic rings. The Bertz CT molecular complexity index is 283. The van der Waals surface area contributed by atoms with Crippen molar-refractivity contribution in [3.8, 4) is 0 Å². The molecule has 11 heavy (non-hydrogen) atoms. The molecule has 0 aromatic heterocycles. The van der Waals surface area contributed by atoms with E-state index in [2.05, 4.69) is 18.3 Å². The summed E-state index contributed by atoms with van der Waals surface area (Å²) in [4.78, 5) is 0. The Labute approximate surface area is 71.4 Å². The molecular formula is C9H10ClN. The minimum atomic E-state index is 0.462. The van der Waals surface area contributed by atoms with Gasteiger partial charge in [-0.2, -0.15) is 0 Å². The summed E-state index contributed by atoms with van der Waals surface area (Å²) < 4.78 is 0. The van der Waals surface area contributed by atoms with E-state index in [1.807, 2.05) is 12.1 Å². The first-order valence-corrected chi connectivity index (χ1v) is 4.17. The summed E-state index contributed by atoms with van der Waals surface area (Å²) >= 11 is 5.86. The molecule has 0 fully saturated rings. The molecule has 0 unspecified atom stereocenters. The van der Waals surface area contributed by atoms with E-state index in [1.165, 1.54) is 11.1 Å². The van der Waals surface area contributed by atoms with Crippen molar-refractivity contribution < 1.29 is 0 Å². The van der Waals surface area contributed by atoms with Gasteiger partial charge in [-0.05, 0) is 30.2 Å². The summed E-state index contributed by atoms with van der Waals surface area (Å²) in [6, 6.07) is 6.54. The fraction of sp³-hybridized carbons (Fsp3) is 0.333. The Morgan fingerprint density at radius 3 is 3.18 bits per heavy atom. The quantitative estimate of drug-likeness (QED) is 0.626. The van der Waals surface area contributed by atoms with Crippen LogP contribution in [0.4, 0.5) is 0 Å². The van der Waals surface area contributed by atoms with E-state index in [9.17, 15) is 0 Å². The minimum absolute atomic E-state index is 0.462. The molecule has 1 atom stereocenters. The molecule has 1 aliphatic rings. The van der Waals surface area contributed by atoms with Gasteiger partial charge in [0.1, 0.15) is 0 Å². The molecule has 2 heteroatoms. The maximum absolute atomic E-state index is 5.86. The third-order valence-electron chi connectivity index (χ3n) is 2.17. The maximum atomic E-state index is 5.86. The number of fused-ring (bicyclic) bond motifs is 1. The van der Waals surface area contributed by atoms with Gasteiger partial charge in [0.25, 0.3) is 0 Å². The normalized spacial score (nSPS) is 21.8. The first-order valence-electron chi connectivity index (χ1n) is 3.79. The monoisotopic (exact) mass is 167 g/mol. The van der Waals surface area contributed by atoms with Crippen LogP contribution in [0.15, 0.2) is 18.2 Å². The zero-order chi connectivity index (χ0) is 7.84. The maximum Gasteiger partial charge on any atom is 0.0409 e. The number of rotatable bonds is 0. The molecular weight excluding hydrogens is 158 g/mol. The lowest BCUT2D eigenvalue weighted by Crippen LogP contribution is -2.06. The predicted molar refractivity (Wildman–Crippen MR) is 46.7 cm³/mol. The molecule has 0 amide bonds. The highest BCUT2D eigenvalue weighted by molar-refractivity contribution is 6.30. The van der Waals surface area contributed by atoms with Gasteiger partial charge in [-0.25, -0.2) is 0 Å². The molecule has 0 radical (unpaired) electrons. The van der Waals surface area contributed by atoms with Gasteiger partial charge in [-0.3, -0.25) is 0 Å². The number of halogens is 1. The van der Waals surface area contributed by atoms with Gasteiger partial charge in [0, 0.05) is 17.6 Å². The largest absolute Gasteiger partial charge is 0.306 e. The van der Waals surface area contributed by atoms with Crippen molar-refractivity contribution in [1.29, 1.82) is 0 Å². The van der Waals surface area contributed by atoms with E-state index in [1.54, 1.807) is 0 Å². The van der Waals surface area contributed by atoms with Crippen LogP contribution < -0.4 is 5.32 Å². The number of nitrogens with one attached hydrogen (secondary N) is 1. The lowest BCUT2D eigenvalue weighted by molar-refractivity contribution is 0.633. The smallest absolute Gasteiger partial charge is 0.0409 e. The van der Waals surface area contributed by atoms with Crippen molar-refractivity contribution in [3.05, 3.63) is 34.3 Å². The van der Waals surface area contributed by atoms with Crippen molar-refractivity contribution >= 4 is 11.6 Å². The Morgan fingerprint density at radius 1 is 1.55 bits per heavy atom. The van der Waals surface area contributed by atoms with Gasteiger partial charge in [0.2, 0.25) is 0 Å². The highest BCUT2D eigenvalue weighted by Gasteiger charge is 2.16. The van der Waals surface area contributed by atoms with Crippen LogP contribution in [-0.2, 0) is 6.54 Å². The molecule has 1 aliphatic heterocycles. The van der Waals surface area contributed by atoms with Crippen LogP contribution >= 0.6 is 11.6 Å². The van der Waals surface area contributed by atoms with Crippen molar-refractivity contribution in [1.82, 2.24) is 5.32 Å². The van der Waals surface area contributed by atoms with E-state index >= 15 is 0 Å². The Balaban J connectivity index is 2.52. The standard InChI is InChI=1S/C9H10ClN/c1-6-9-4-8(10)3-2-7(9)5-11-6/h2-4,6,11H,5H2,1H3/t6-/m1/s1. The van der Waals surface area contributed by atoms with Crippen molar-refractivity contribution in [3.63, 3.8) is 0 Å². The molecule has 58 valence electrons. The van der Waals surface area contributed by atoms with Gasteiger partial charge in [0.05, 0.1) is 0 Å². The first-order chi connectivity index (χ1) is 5.27. The van der Waals surface area contributed by atoms with Crippen LogP contribution in [0, 0.1) is 0 Å². The second-order valence-corrected chi connectivity index (χ2v) is 3.38. The van der Waals surface area contributed by atoms with Gasteiger partial charge < -0.3 is 5.32 Å². The van der Waals surface area contributed by atoms with Crippen LogP contribution in [0.25, 0.3) is 0 Å². The van der Waals surface area contributed by atoms with E-state index in [-0.39, 0.29) is 0 Å². The topological polar surface area (TPSA) is 12.0 Å². The zero-order valence-electron chi connectivity index (χ0n) is 6.39. The summed E-state index contributed by atoms with van der Waals surface area (Å²) in [7, 11) is 0. The summed E-state index contributed by atoms with van der Waals surface area (Å²) in [6.45, 7) is 3.13. The van der Waals surface area contributed by atoms with Crippen LogP contribution in [0.3, 0.4) is 0 Å². The minimum Gasteiger partial charge on any atom is -0.306 e. The second kappa shape index (κ2) is 2.50. The van der Waals surface area contributed by atoms with E-state index < -0.39 is 0 Å². The molecule has 0 spiro atoms. The third kappa shape index (κ3) is 1.15. The van der Waals surface area contributed by atoms with Crippen LogP contribution in [-0.4, -0.2) is 0 Å². The lowest BCUT2D eigenvalue weighted by atomic mass is 10.1. The van der Waals surface area contributed by atoms with Crippen molar-refractivity contribution in [2.24, 2.45) is 0 Å². The Kier molecular flexibility index (Phi) is 1.63. The van der Waals surface area contributed by atoms with Crippen LogP contribution in [0.5, 0.6) is 0 Å². The molecule has 0 bridgehead atoms. The molecule has 1 aromatic carbocycles. The summed E-state index contributed by atoms with van der Waals surface area (Å²) in [5, 5.41) is 4.19. The molecule has 1 heterocycles. The number of hydrogen-bond donors (Lipinski definition) is 1. The average molecular weight is 168 g/mol. The highest BCUT2D eigenvalue weighted by atomic mass is 35.5. The Hall–Kier alpha value is -0.530. The molecule has 0 saturated carbocycles. The van der Waals surface area contributed by atoms with Crippen LogP contribution in [0.2, 0.25) is 5.02 Å². The molecule has 0 aliphatic carbocycles. The van der Waals surface area contributed by atoms with Gasteiger partial charge in [-0.1, -0.05) is 17.7 Å². The molecule has 1 nitrogen and oxygen atoms in total. The van der Waals surface area contributed by atoms with Crippen LogP contribution in [0.1, 0.15) is 24.1 Å². The van der Waals surface area contributed by atoms with E-state index in [0.717, 1.165) is 11.6 Å². The van der Waals surface area contributed by atoms with Crippen molar-refractivity contribution in [2.75, 3.05) is 0 Å². The summed E-state index contributed by atoms with van der Waals surface area (Å²) in [5.41, 5.74) is 2.72. The second-order valence-electron chi connectivity index (χ2n) is 2.95. The zero-order valence-corrected chi connectivity index (χ0v) is 7.15. The number of benzene rings is 1. The average Bonchev–Trinajstić information content (AvgIpc) is 2.33. The lowest BCUT2D eigenvalue weighted by Gasteiger charge is -2.03. The SMILES string of the molecule is C[C@H]1NCc2ccc(Cl)cc21. The summed E-state index contributed by atoms with van der Waals surface area (Å²) in [6.07, 6.45) is 0. The fourth-order valence-corrected chi connectivity index (χ4v) is 1.68. The predicted octanol–water partition coefficient (Wildman–Crippen LogP) is 2.50. The molecule has 2 rings (SSSR count). The number of hydrogen-bond acceptors (Lipinski definition) is 1. The van der Waals surface area contributed by atoms with E-state index in [4.69, 9.17) is 11.6 Å². The third-order valence-corrected chi connectivity index (χ3v) is 2.41. The molecule has 0 saturated heterocycles. The molecule has 1 N–H and O–H groups in total. The fourth-order valence-electron chi connectivity index (χ4n) is 1.50. The highest BCUT2D eigenvalue weighted by Crippen LogP contribution is 2.27. The van der Waals surface area contributed by atoms with E-state index in [0.29, 0.717) is 6.04 Å².